The highest BCUT2D eigenvalue weighted by Gasteiger charge is 2.19. The molecule has 0 fully saturated rings. The van der Waals surface area contributed by atoms with E-state index in [2.05, 4.69) is 14.9 Å². The second-order valence-electron chi connectivity index (χ2n) is 4.97. The summed E-state index contributed by atoms with van der Waals surface area (Å²) in [5.74, 6) is -0.264. The summed E-state index contributed by atoms with van der Waals surface area (Å²) in [6.07, 6.45) is 0. The first-order valence-corrected chi connectivity index (χ1v) is 9.27. The van der Waals surface area contributed by atoms with Crippen molar-refractivity contribution >= 4 is 47.7 Å². The largest absolute Gasteiger partial charge is 0.356 e. The number of para-hydroxylation sites is 2. The van der Waals surface area contributed by atoms with Gasteiger partial charge in [-0.25, -0.2) is 13.4 Å². The van der Waals surface area contributed by atoms with Crippen LogP contribution in [0.4, 0.5) is 5.13 Å². The van der Waals surface area contributed by atoms with Crippen molar-refractivity contribution in [1.82, 2.24) is 10.1 Å². The van der Waals surface area contributed by atoms with Gasteiger partial charge in [0.25, 0.3) is 0 Å². The lowest BCUT2D eigenvalue weighted by Gasteiger charge is -2.02. The number of nitrogens with zero attached hydrogens (tertiary/aromatic N) is 2. The average Bonchev–Trinajstić information content (AvgIpc) is 3.10. The van der Waals surface area contributed by atoms with Gasteiger partial charge in [0.1, 0.15) is 11.4 Å². The number of fused-ring (bicyclic) bond motifs is 2. The van der Waals surface area contributed by atoms with Gasteiger partial charge in [0.05, 0.1) is 10.2 Å². The van der Waals surface area contributed by atoms with Gasteiger partial charge in [0.2, 0.25) is 10.0 Å². The van der Waals surface area contributed by atoms with E-state index in [9.17, 15) is 8.42 Å². The summed E-state index contributed by atoms with van der Waals surface area (Å²) in [7, 11) is -3.62. The van der Waals surface area contributed by atoms with Crippen molar-refractivity contribution < 1.29 is 12.9 Å². The Kier molecular flexibility index (Phi) is 3.28. The molecule has 2 aromatic heterocycles. The molecular formula is C15H11N3O3S2. The van der Waals surface area contributed by atoms with Crippen LogP contribution in [-0.4, -0.2) is 18.6 Å². The first kappa shape index (κ1) is 14.2. The molecule has 0 amide bonds. The fourth-order valence-electron chi connectivity index (χ4n) is 2.31. The number of nitrogens with one attached hydrogen (secondary N) is 1. The van der Waals surface area contributed by atoms with Crippen molar-refractivity contribution in [3.63, 3.8) is 0 Å². The predicted molar refractivity (Wildman–Crippen MR) is 89.9 cm³/mol. The molecule has 0 unspecified atom stereocenters. The van der Waals surface area contributed by atoms with Crippen LogP contribution >= 0.6 is 11.3 Å². The van der Waals surface area contributed by atoms with E-state index in [1.807, 2.05) is 36.4 Å². The third-order valence-electron chi connectivity index (χ3n) is 3.32. The first-order chi connectivity index (χ1) is 11.1. The molecule has 23 heavy (non-hydrogen) atoms. The van der Waals surface area contributed by atoms with Gasteiger partial charge in [0, 0.05) is 5.39 Å². The van der Waals surface area contributed by atoms with Crippen LogP contribution in [0, 0.1) is 0 Å². The Morgan fingerprint density at radius 1 is 1.09 bits per heavy atom. The summed E-state index contributed by atoms with van der Waals surface area (Å²) < 4.78 is 33.3. The molecule has 116 valence electrons. The third kappa shape index (κ3) is 2.78. The Balaban J connectivity index is 1.62. The number of hydrogen-bond donors (Lipinski definition) is 1. The number of anilines is 1. The van der Waals surface area contributed by atoms with Gasteiger partial charge in [-0.3, -0.25) is 4.72 Å². The highest BCUT2D eigenvalue weighted by molar-refractivity contribution is 7.92. The molecule has 0 saturated carbocycles. The Labute approximate surface area is 135 Å². The molecule has 0 aliphatic rings. The van der Waals surface area contributed by atoms with Crippen LogP contribution < -0.4 is 4.72 Å². The molecular weight excluding hydrogens is 334 g/mol. The van der Waals surface area contributed by atoms with Crippen LogP contribution in [0.25, 0.3) is 21.2 Å². The minimum absolute atomic E-state index is 0.264. The van der Waals surface area contributed by atoms with Crippen molar-refractivity contribution in [1.29, 1.82) is 0 Å². The molecule has 0 aliphatic carbocycles. The summed E-state index contributed by atoms with van der Waals surface area (Å²) >= 11 is 1.30. The van der Waals surface area contributed by atoms with E-state index in [1.165, 1.54) is 11.3 Å². The fourth-order valence-corrected chi connectivity index (χ4v) is 4.52. The Hall–Kier alpha value is -2.45. The standard InChI is InChI=1S/C15H11N3O3S2/c19-23(20,9-12-10-5-1-3-7-13(10)21-17-12)18-15-16-11-6-2-4-8-14(11)22-15/h1-8H,9H2,(H,16,18). The minimum Gasteiger partial charge on any atom is -0.356 e. The monoisotopic (exact) mass is 345 g/mol. The van der Waals surface area contributed by atoms with Crippen LogP contribution in [0.3, 0.4) is 0 Å². The molecule has 0 bridgehead atoms. The van der Waals surface area contributed by atoms with E-state index < -0.39 is 10.0 Å². The summed E-state index contributed by atoms with van der Waals surface area (Å²) in [6.45, 7) is 0. The molecule has 4 rings (SSSR count). The lowest BCUT2D eigenvalue weighted by atomic mass is 10.2. The van der Waals surface area contributed by atoms with Crippen LogP contribution in [0.5, 0.6) is 0 Å². The van der Waals surface area contributed by atoms with Gasteiger partial charge < -0.3 is 4.52 Å². The molecule has 0 spiro atoms. The van der Waals surface area contributed by atoms with Crippen molar-refractivity contribution in [2.24, 2.45) is 0 Å². The average molecular weight is 345 g/mol. The molecule has 2 heterocycles. The maximum absolute atomic E-state index is 12.4. The topological polar surface area (TPSA) is 85.1 Å². The van der Waals surface area contributed by atoms with Gasteiger partial charge in [-0.15, -0.1) is 0 Å². The maximum Gasteiger partial charge on any atom is 0.240 e. The van der Waals surface area contributed by atoms with Crippen LogP contribution in [0.2, 0.25) is 0 Å². The Morgan fingerprint density at radius 3 is 2.74 bits per heavy atom. The lowest BCUT2D eigenvalue weighted by Crippen LogP contribution is -2.15. The zero-order valence-electron chi connectivity index (χ0n) is 11.8. The minimum atomic E-state index is -3.62. The number of benzene rings is 2. The van der Waals surface area contributed by atoms with Crippen LogP contribution in [-0.2, 0) is 15.8 Å². The van der Waals surface area contributed by atoms with E-state index in [1.54, 1.807) is 12.1 Å². The molecule has 4 aromatic rings. The van der Waals surface area contributed by atoms with E-state index in [4.69, 9.17) is 4.52 Å². The summed E-state index contributed by atoms with van der Waals surface area (Å²) in [5.41, 5.74) is 1.72. The van der Waals surface area contributed by atoms with Crippen molar-refractivity contribution in [3.05, 3.63) is 54.2 Å². The third-order valence-corrected chi connectivity index (χ3v) is 5.55. The van der Waals surface area contributed by atoms with Gasteiger partial charge in [-0.2, -0.15) is 0 Å². The Bertz CT molecular complexity index is 1070. The van der Waals surface area contributed by atoms with Crippen LogP contribution in [0.15, 0.2) is 53.1 Å². The molecule has 0 saturated heterocycles. The SMILES string of the molecule is O=S(=O)(Cc1noc2ccccc12)Nc1nc2ccccc2s1. The number of thiazole rings is 1. The van der Waals surface area contributed by atoms with Crippen molar-refractivity contribution in [2.45, 2.75) is 5.75 Å². The van der Waals surface area contributed by atoms with Gasteiger partial charge in [-0.1, -0.05) is 40.8 Å². The molecule has 0 aliphatic heterocycles. The fraction of sp³-hybridized carbons (Fsp3) is 0.0667. The second-order valence-corrected chi connectivity index (χ2v) is 7.73. The number of rotatable bonds is 4. The van der Waals surface area contributed by atoms with Gasteiger partial charge in [0.15, 0.2) is 10.7 Å². The normalized spacial score (nSPS) is 12.0. The summed E-state index contributed by atoms with van der Waals surface area (Å²) in [4.78, 5) is 4.27. The smallest absolute Gasteiger partial charge is 0.240 e. The number of sulfonamides is 1. The van der Waals surface area contributed by atoms with Crippen LogP contribution in [0.1, 0.15) is 5.69 Å². The second kappa shape index (κ2) is 5.32. The van der Waals surface area contributed by atoms with E-state index in [0.29, 0.717) is 21.8 Å². The lowest BCUT2D eigenvalue weighted by molar-refractivity contribution is 0.448. The van der Waals surface area contributed by atoms with Crippen molar-refractivity contribution in [3.8, 4) is 0 Å². The molecule has 8 heteroatoms. The van der Waals surface area contributed by atoms with E-state index >= 15 is 0 Å². The number of hydrogen-bond acceptors (Lipinski definition) is 6. The molecule has 2 aromatic carbocycles. The highest BCUT2D eigenvalue weighted by atomic mass is 32.2. The first-order valence-electron chi connectivity index (χ1n) is 6.80. The van der Waals surface area contributed by atoms with E-state index in [0.717, 1.165) is 10.2 Å². The number of aromatic nitrogens is 2. The van der Waals surface area contributed by atoms with E-state index in [-0.39, 0.29) is 5.75 Å². The summed E-state index contributed by atoms with van der Waals surface area (Å²) in [6, 6.07) is 14.7. The van der Waals surface area contributed by atoms with Gasteiger partial charge in [-0.05, 0) is 24.3 Å². The maximum atomic E-state index is 12.4. The zero-order chi connectivity index (χ0) is 15.9. The Morgan fingerprint density at radius 2 is 1.87 bits per heavy atom. The summed E-state index contributed by atoms with van der Waals surface area (Å²) in [5, 5.41) is 4.90. The molecule has 6 nitrogen and oxygen atoms in total. The molecule has 0 atom stereocenters. The predicted octanol–water partition coefficient (Wildman–Crippen LogP) is 3.38. The quantitative estimate of drug-likeness (QED) is 0.613. The molecule has 1 N–H and O–H groups in total. The molecule has 0 radical (unpaired) electrons. The van der Waals surface area contributed by atoms with Crippen molar-refractivity contribution in [2.75, 3.05) is 4.72 Å². The highest BCUT2D eigenvalue weighted by Crippen LogP contribution is 2.27. The van der Waals surface area contributed by atoms with Gasteiger partial charge >= 0.3 is 0 Å². The zero-order valence-corrected chi connectivity index (χ0v) is 13.4.